The normalized spacial score (nSPS) is 10.2. The number of ether oxygens (including phenoxy) is 1. The van der Waals surface area contributed by atoms with E-state index in [0.717, 1.165) is 51.4 Å². The summed E-state index contributed by atoms with van der Waals surface area (Å²) in [5.41, 5.74) is 0. The highest BCUT2D eigenvalue weighted by molar-refractivity contribution is 5.66. The second-order valence-corrected chi connectivity index (χ2v) is 8.17. The summed E-state index contributed by atoms with van der Waals surface area (Å²) >= 11 is 0. The Morgan fingerprint density at radius 1 is 0.500 bits per heavy atom. The standard InChI is InChI=1S/C28H46O4.4C2H6/c29-27-32-26-24-22-20-18-16-14-12-10-8-6-4-2-1-3-5-7-9-11-13-15-17-19-21-23-25-28(30)31;4*1-2/h1,3-4,6,10,12,16,18,27H,2,5,7-9,11,13-15,17,19-26H2,(H,30,31);4*1-2H3. The van der Waals surface area contributed by atoms with Crippen molar-refractivity contribution in [2.24, 2.45) is 0 Å². The molecule has 0 aromatic heterocycles. The second kappa shape index (κ2) is 56.9. The van der Waals surface area contributed by atoms with Gasteiger partial charge in [0.15, 0.2) is 0 Å². The van der Waals surface area contributed by atoms with Gasteiger partial charge in [-0.05, 0) is 57.8 Å². The van der Waals surface area contributed by atoms with Crippen LogP contribution in [-0.4, -0.2) is 24.2 Å². The molecule has 40 heavy (non-hydrogen) atoms. The molecule has 0 aliphatic heterocycles. The minimum Gasteiger partial charge on any atom is -0.481 e. The van der Waals surface area contributed by atoms with Crippen LogP contribution in [0.15, 0.2) is 48.6 Å². The number of aliphatic carboxylic acids is 1. The second-order valence-electron chi connectivity index (χ2n) is 8.17. The molecule has 0 aliphatic rings. The van der Waals surface area contributed by atoms with Gasteiger partial charge in [0.2, 0.25) is 0 Å². The molecule has 0 aliphatic carbocycles. The van der Waals surface area contributed by atoms with E-state index in [1.807, 2.05) is 55.4 Å². The fraction of sp³-hybridized carbons (Fsp3) is 0.722. The number of carboxylic acids is 1. The van der Waals surface area contributed by atoms with Gasteiger partial charge in [0.05, 0.1) is 6.61 Å². The molecule has 0 atom stereocenters. The Balaban J connectivity index is -0.000000464. The highest BCUT2D eigenvalue weighted by Crippen LogP contribution is 2.11. The lowest BCUT2D eigenvalue weighted by Crippen LogP contribution is -1.93. The van der Waals surface area contributed by atoms with Crippen molar-refractivity contribution in [1.82, 2.24) is 0 Å². The maximum atomic E-state index is 10.4. The van der Waals surface area contributed by atoms with Gasteiger partial charge in [-0.3, -0.25) is 9.59 Å². The third-order valence-electron chi connectivity index (χ3n) is 5.20. The molecule has 0 unspecified atom stereocenters. The van der Waals surface area contributed by atoms with Gasteiger partial charge in [-0.15, -0.1) is 0 Å². The number of unbranched alkanes of at least 4 members (excludes halogenated alkanes) is 11. The zero-order valence-corrected chi connectivity index (χ0v) is 28.1. The average molecular weight is 567 g/mol. The van der Waals surface area contributed by atoms with Crippen molar-refractivity contribution in [2.45, 2.75) is 165 Å². The zero-order valence-electron chi connectivity index (χ0n) is 28.1. The summed E-state index contributed by atoms with van der Waals surface area (Å²) in [6.45, 7) is 17.0. The maximum absolute atomic E-state index is 10.4. The van der Waals surface area contributed by atoms with E-state index in [9.17, 15) is 9.59 Å². The van der Waals surface area contributed by atoms with Gasteiger partial charge in [-0.25, -0.2) is 0 Å². The Morgan fingerprint density at radius 3 is 1.20 bits per heavy atom. The topological polar surface area (TPSA) is 63.6 Å². The van der Waals surface area contributed by atoms with Crippen LogP contribution in [-0.2, 0) is 14.3 Å². The van der Waals surface area contributed by atoms with Crippen LogP contribution >= 0.6 is 0 Å². The molecule has 0 rings (SSSR count). The average Bonchev–Trinajstić information content (AvgIpc) is 3.00. The molecule has 0 spiro atoms. The highest BCUT2D eigenvalue weighted by Gasteiger charge is 1.96. The van der Waals surface area contributed by atoms with Crippen LogP contribution < -0.4 is 0 Å². The summed E-state index contributed by atoms with van der Waals surface area (Å²) in [6, 6.07) is 0. The van der Waals surface area contributed by atoms with Gasteiger partial charge in [-0.1, -0.05) is 149 Å². The molecule has 0 aromatic rings. The van der Waals surface area contributed by atoms with E-state index in [0.29, 0.717) is 19.5 Å². The van der Waals surface area contributed by atoms with Crippen LogP contribution in [0, 0.1) is 0 Å². The molecule has 238 valence electrons. The molecular weight excluding hydrogens is 496 g/mol. The lowest BCUT2D eigenvalue weighted by Gasteiger charge is -2.01. The molecule has 0 heterocycles. The summed E-state index contributed by atoms with van der Waals surface area (Å²) in [5, 5.41) is 8.59. The van der Waals surface area contributed by atoms with E-state index in [1.165, 1.54) is 51.4 Å². The molecule has 0 aromatic carbocycles. The van der Waals surface area contributed by atoms with Crippen LogP contribution in [0.2, 0.25) is 0 Å². The molecule has 0 saturated carbocycles. The number of hydrogen-bond acceptors (Lipinski definition) is 3. The predicted molar refractivity (Wildman–Crippen MR) is 180 cm³/mol. The summed E-state index contributed by atoms with van der Waals surface area (Å²) < 4.78 is 4.65. The number of rotatable bonds is 24. The van der Waals surface area contributed by atoms with Crippen molar-refractivity contribution in [1.29, 1.82) is 0 Å². The van der Waals surface area contributed by atoms with E-state index in [-0.39, 0.29) is 0 Å². The number of hydrogen-bond donors (Lipinski definition) is 1. The van der Waals surface area contributed by atoms with Gasteiger partial charge in [0.25, 0.3) is 6.47 Å². The molecule has 1 N–H and O–H groups in total. The van der Waals surface area contributed by atoms with Gasteiger partial charge >= 0.3 is 5.97 Å². The van der Waals surface area contributed by atoms with Crippen molar-refractivity contribution in [3.63, 3.8) is 0 Å². The van der Waals surface area contributed by atoms with E-state index in [2.05, 4.69) is 53.3 Å². The molecule has 0 saturated heterocycles. The van der Waals surface area contributed by atoms with Crippen molar-refractivity contribution in [3.8, 4) is 0 Å². The predicted octanol–water partition coefficient (Wildman–Crippen LogP) is 12.2. The van der Waals surface area contributed by atoms with Crippen molar-refractivity contribution in [2.75, 3.05) is 6.61 Å². The van der Waals surface area contributed by atoms with Crippen LogP contribution in [0.5, 0.6) is 0 Å². The zero-order chi connectivity index (χ0) is 31.4. The van der Waals surface area contributed by atoms with Crippen molar-refractivity contribution in [3.05, 3.63) is 48.6 Å². The van der Waals surface area contributed by atoms with Gasteiger partial charge in [-0.2, -0.15) is 0 Å². The molecule has 4 nitrogen and oxygen atoms in total. The van der Waals surface area contributed by atoms with E-state index in [1.54, 1.807) is 0 Å². The molecule has 0 amide bonds. The van der Waals surface area contributed by atoms with Crippen LogP contribution in [0.25, 0.3) is 0 Å². The van der Waals surface area contributed by atoms with Crippen LogP contribution in [0.3, 0.4) is 0 Å². The fourth-order valence-electron chi connectivity index (χ4n) is 3.32. The minimum atomic E-state index is -0.671. The third kappa shape index (κ3) is 60.4. The van der Waals surface area contributed by atoms with Crippen LogP contribution in [0.4, 0.5) is 0 Å². The largest absolute Gasteiger partial charge is 0.481 e. The molecule has 4 heteroatoms. The Labute approximate surface area is 251 Å². The monoisotopic (exact) mass is 567 g/mol. The van der Waals surface area contributed by atoms with Gasteiger partial charge < -0.3 is 9.84 Å². The highest BCUT2D eigenvalue weighted by atomic mass is 16.5. The van der Waals surface area contributed by atoms with E-state index >= 15 is 0 Å². The first-order chi connectivity index (χ1) is 19.8. The summed E-state index contributed by atoms with van der Waals surface area (Å²) in [6.07, 6.45) is 36.2. The Morgan fingerprint density at radius 2 is 0.825 bits per heavy atom. The number of allylic oxidation sites excluding steroid dienone is 8. The Kier molecular flexibility index (Phi) is 67.9. The lowest BCUT2D eigenvalue weighted by atomic mass is 10.1. The number of carbonyl (C=O) groups is 2. The van der Waals surface area contributed by atoms with Crippen LogP contribution in [0.1, 0.15) is 165 Å². The maximum Gasteiger partial charge on any atom is 0.303 e. The SMILES string of the molecule is CC.CC.CC.CC.O=COCCCCC=CCC=CCC=CCC=CCCCCCCCCCCCC(=O)O. The van der Waals surface area contributed by atoms with Crippen molar-refractivity contribution < 1.29 is 19.4 Å². The van der Waals surface area contributed by atoms with E-state index < -0.39 is 5.97 Å². The summed E-state index contributed by atoms with van der Waals surface area (Å²) in [4.78, 5) is 20.4. The smallest absolute Gasteiger partial charge is 0.303 e. The molecule has 0 bridgehead atoms. The van der Waals surface area contributed by atoms with Gasteiger partial charge in [0.1, 0.15) is 0 Å². The van der Waals surface area contributed by atoms with E-state index in [4.69, 9.17) is 5.11 Å². The Bertz CT molecular complexity index is 533. The number of carbonyl (C=O) groups excluding carboxylic acids is 1. The third-order valence-corrected chi connectivity index (χ3v) is 5.20. The first-order valence-corrected chi connectivity index (χ1v) is 16.6. The summed E-state index contributed by atoms with van der Waals surface area (Å²) in [5.74, 6) is -0.671. The minimum absolute atomic E-state index is 0.322. The quantitative estimate of drug-likeness (QED) is 0.0717. The first-order valence-electron chi connectivity index (χ1n) is 16.6. The lowest BCUT2D eigenvalue weighted by molar-refractivity contribution is -0.137. The summed E-state index contributed by atoms with van der Waals surface area (Å²) in [7, 11) is 0. The first kappa shape index (κ1) is 47.7. The molecule has 0 radical (unpaired) electrons. The fourth-order valence-corrected chi connectivity index (χ4v) is 3.32. The van der Waals surface area contributed by atoms with Gasteiger partial charge in [0, 0.05) is 6.42 Å². The van der Waals surface area contributed by atoms with Crippen molar-refractivity contribution >= 4 is 12.4 Å². The molecule has 0 fully saturated rings. The molecular formula is C36H70O4. The Hall–Kier alpha value is -2.10. The number of carboxylic acid groups (broad SMARTS) is 1.